The average molecular weight is 142 g/mol. The number of nitrogens with zero attached hydrogens (tertiary/aromatic N) is 1. The first-order chi connectivity index (χ1) is 4.55. The van der Waals surface area contributed by atoms with Crippen LogP contribution in [0.15, 0.2) is 0 Å². The summed E-state index contributed by atoms with van der Waals surface area (Å²) in [6, 6.07) is 0.681. The molecule has 10 heavy (non-hydrogen) atoms. The maximum absolute atomic E-state index is 5.99. The van der Waals surface area contributed by atoms with Gasteiger partial charge in [0.25, 0.3) is 0 Å². The van der Waals surface area contributed by atoms with E-state index >= 15 is 0 Å². The first-order valence-electron chi connectivity index (χ1n) is 4.08. The van der Waals surface area contributed by atoms with Crippen LogP contribution in [-0.4, -0.2) is 29.6 Å². The van der Waals surface area contributed by atoms with Crippen molar-refractivity contribution in [3.05, 3.63) is 0 Å². The van der Waals surface area contributed by atoms with E-state index in [2.05, 4.69) is 25.7 Å². The summed E-state index contributed by atoms with van der Waals surface area (Å²) in [5.74, 6) is 0. The maximum atomic E-state index is 5.99. The van der Waals surface area contributed by atoms with E-state index in [1.54, 1.807) is 0 Å². The Kier molecular flexibility index (Phi) is 2.02. The smallest absolute Gasteiger partial charge is 0.0269 e. The molecule has 2 heteroatoms. The molecule has 2 nitrogen and oxygen atoms in total. The van der Waals surface area contributed by atoms with Crippen molar-refractivity contribution in [1.82, 2.24) is 4.90 Å². The molecule has 0 aromatic carbocycles. The molecule has 1 aliphatic heterocycles. The Labute approximate surface area is 63.4 Å². The predicted molar refractivity (Wildman–Crippen MR) is 43.9 cm³/mol. The Bertz CT molecular complexity index is 120. The minimum absolute atomic E-state index is 0.0649. The Balaban J connectivity index is 2.52. The van der Waals surface area contributed by atoms with Crippen LogP contribution in [0.2, 0.25) is 0 Å². The lowest BCUT2D eigenvalue weighted by molar-refractivity contribution is 0.276. The fourth-order valence-corrected chi connectivity index (χ4v) is 1.91. The first kappa shape index (κ1) is 8.02. The number of hydrogen-bond acceptors (Lipinski definition) is 2. The maximum Gasteiger partial charge on any atom is 0.0269 e. The summed E-state index contributed by atoms with van der Waals surface area (Å²) >= 11 is 0. The van der Waals surface area contributed by atoms with Gasteiger partial charge in [0.05, 0.1) is 0 Å². The highest BCUT2D eigenvalue weighted by molar-refractivity contribution is 4.94. The zero-order valence-corrected chi connectivity index (χ0v) is 7.22. The third kappa shape index (κ3) is 1.50. The topological polar surface area (TPSA) is 29.3 Å². The van der Waals surface area contributed by atoms with Crippen molar-refractivity contribution in [1.29, 1.82) is 0 Å². The van der Waals surface area contributed by atoms with E-state index < -0.39 is 0 Å². The molecule has 0 radical (unpaired) electrons. The molecule has 1 saturated heterocycles. The summed E-state index contributed by atoms with van der Waals surface area (Å²) < 4.78 is 0. The highest BCUT2D eigenvalue weighted by atomic mass is 15.2. The molecule has 60 valence electrons. The first-order valence-corrected chi connectivity index (χ1v) is 4.08. The molecule has 0 aliphatic carbocycles. The van der Waals surface area contributed by atoms with E-state index in [0.717, 1.165) is 19.5 Å². The van der Waals surface area contributed by atoms with Crippen LogP contribution in [0.3, 0.4) is 0 Å². The Morgan fingerprint density at radius 1 is 1.70 bits per heavy atom. The standard InChI is InChI=1S/C8H18N2/c1-4-10-6-8(3,9)5-7(10)2/h7H,4-6,9H2,1-3H3/t7-,8-/m1/s1. The van der Waals surface area contributed by atoms with Crippen molar-refractivity contribution in [2.24, 2.45) is 5.73 Å². The van der Waals surface area contributed by atoms with Crippen molar-refractivity contribution >= 4 is 0 Å². The van der Waals surface area contributed by atoms with Gasteiger partial charge in [-0.05, 0) is 26.8 Å². The van der Waals surface area contributed by atoms with Crippen molar-refractivity contribution in [2.45, 2.75) is 38.8 Å². The van der Waals surface area contributed by atoms with Gasteiger partial charge < -0.3 is 5.73 Å². The van der Waals surface area contributed by atoms with Gasteiger partial charge in [0.1, 0.15) is 0 Å². The van der Waals surface area contributed by atoms with Gasteiger partial charge in [0, 0.05) is 18.1 Å². The second kappa shape index (κ2) is 2.51. The van der Waals surface area contributed by atoms with Gasteiger partial charge >= 0.3 is 0 Å². The van der Waals surface area contributed by atoms with E-state index in [4.69, 9.17) is 5.73 Å². The van der Waals surface area contributed by atoms with Gasteiger partial charge in [-0.15, -0.1) is 0 Å². The number of nitrogens with two attached hydrogens (primary N) is 1. The fraction of sp³-hybridized carbons (Fsp3) is 1.00. The molecule has 0 spiro atoms. The third-order valence-electron chi connectivity index (χ3n) is 2.36. The van der Waals surface area contributed by atoms with E-state index in [9.17, 15) is 0 Å². The van der Waals surface area contributed by atoms with Crippen LogP contribution in [0.5, 0.6) is 0 Å². The highest BCUT2D eigenvalue weighted by Gasteiger charge is 2.33. The zero-order chi connectivity index (χ0) is 7.78. The Morgan fingerprint density at radius 2 is 2.30 bits per heavy atom. The van der Waals surface area contributed by atoms with Gasteiger partial charge in [0.2, 0.25) is 0 Å². The van der Waals surface area contributed by atoms with Gasteiger partial charge in [-0.25, -0.2) is 0 Å². The van der Waals surface area contributed by atoms with Gasteiger partial charge in [-0.1, -0.05) is 6.92 Å². The molecule has 1 aliphatic rings. The van der Waals surface area contributed by atoms with E-state index in [-0.39, 0.29) is 5.54 Å². The van der Waals surface area contributed by atoms with Crippen molar-refractivity contribution in [2.75, 3.05) is 13.1 Å². The minimum atomic E-state index is 0.0649. The summed E-state index contributed by atoms with van der Waals surface area (Å²) in [4.78, 5) is 2.43. The van der Waals surface area contributed by atoms with Crippen molar-refractivity contribution in [3.63, 3.8) is 0 Å². The van der Waals surface area contributed by atoms with Crippen LogP contribution in [-0.2, 0) is 0 Å². The highest BCUT2D eigenvalue weighted by Crippen LogP contribution is 2.23. The SMILES string of the molecule is CCN1C[C@](C)(N)C[C@H]1C. The molecular formula is C8H18N2. The van der Waals surface area contributed by atoms with E-state index in [1.807, 2.05) is 0 Å². The summed E-state index contributed by atoms with van der Waals surface area (Å²) in [6.45, 7) is 8.78. The lowest BCUT2D eigenvalue weighted by atomic mass is 10.0. The summed E-state index contributed by atoms with van der Waals surface area (Å²) in [5.41, 5.74) is 6.06. The summed E-state index contributed by atoms with van der Waals surface area (Å²) in [6.07, 6.45) is 1.14. The molecular weight excluding hydrogens is 124 g/mol. The molecule has 1 rings (SSSR count). The number of likely N-dealkylation sites (N-methyl/N-ethyl adjacent to an activating group) is 1. The van der Waals surface area contributed by atoms with Crippen LogP contribution in [0.4, 0.5) is 0 Å². The van der Waals surface area contributed by atoms with Gasteiger partial charge in [-0.2, -0.15) is 0 Å². The Morgan fingerprint density at radius 3 is 2.50 bits per heavy atom. The normalized spacial score (nSPS) is 42.6. The van der Waals surface area contributed by atoms with E-state index in [1.165, 1.54) is 0 Å². The summed E-state index contributed by atoms with van der Waals surface area (Å²) in [5, 5.41) is 0. The average Bonchev–Trinajstić information content (AvgIpc) is 2.05. The molecule has 0 amide bonds. The fourth-order valence-electron chi connectivity index (χ4n) is 1.91. The van der Waals surface area contributed by atoms with Crippen LogP contribution < -0.4 is 5.73 Å². The molecule has 2 atom stereocenters. The van der Waals surface area contributed by atoms with Gasteiger partial charge in [-0.3, -0.25) is 4.90 Å². The largest absolute Gasteiger partial charge is 0.324 e. The van der Waals surface area contributed by atoms with Crippen LogP contribution >= 0.6 is 0 Å². The number of likely N-dealkylation sites (tertiary alicyclic amines) is 1. The quantitative estimate of drug-likeness (QED) is 0.587. The molecule has 0 aromatic rings. The van der Waals surface area contributed by atoms with Gasteiger partial charge in [0.15, 0.2) is 0 Å². The van der Waals surface area contributed by atoms with E-state index in [0.29, 0.717) is 6.04 Å². The molecule has 2 N–H and O–H groups in total. The molecule has 1 heterocycles. The lowest BCUT2D eigenvalue weighted by Crippen LogP contribution is -2.39. The second-order valence-corrected chi connectivity index (χ2v) is 3.77. The second-order valence-electron chi connectivity index (χ2n) is 3.77. The number of rotatable bonds is 1. The lowest BCUT2D eigenvalue weighted by Gasteiger charge is -2.19. The molecule has 1 fully saturated rings. The Hall–Kier alpha value is -0.0800. The van der Waals surface area contributed by atoms with Crippen molar-refractivity contribution in [3.8, 4) is 0 Å². The predicted octanol–water partition coefficient (Wildman–Crippen LogP) is 0.818. The van der Waals surface area contributed by atoms with Crippen LogP contribution in [0, 0.1) is 0 Å². The number of hydrogen-bond donors (Lipinski definition) is 1. The molecule has 0 saturated carbocycles. The third-order valence-corrected chi connectivity index (χ3v) is 2.36. The van der Waals surface area contributed by atoms with Crippen LogP contribution in [0.1, 0.15) is 27.2 Å². The summed E-state index contributed by atoms with van der Waals surface area (Å²) in [7, 11) is 0. The molecule has 0 bridgehead atoms. The zero-order valence-electron chi connectivity index (χ0n) is 7.22. The monoisotopic (exact) mass is 142 g/mol. The minimum Gasteiger partial charge on any atom is -0.324 e. The van der Waals surface area contributed by atoms with Crippen LogP contribution in [0.25, 0.3) is 0 Å². The molecule has 0 aromatic heterocycles. The van der Waals surface area contributed by atoms with Crippen molar-refractivity contribution < 1.29 is 0 Å². The molecule has 0 unspecified atom stereocenters.